The molecule has 0 heterocycles. The average molecular weight is 384 g/mol. The normalized spacial score (nSPS) is 11.9. The summed E-state index contributed by atoms with van der Waals surface area (Å²) in [5.41, 5.74) is -0.0738. The number of rotatable bonds is 8. The number of carbonyl (C=O) groups is 1. The molecular formula is C19H30F2N4O2. The SMILES string of the molecule is CCNC(=NCCCNC(=O)OC(C)(C)C)NCCc1ccc(F)cc1F. The van der Waals surface area contributed by atoms with Gasteiger partial charge in [0.15, 0.2) is 5.96 Å². The number of carbonyl (C=O) groups excluding carboxylic acids is 1. The van der Waals surface area contributed by atoms with Gasteiger partial charge in [-0.1, -0.05) is 6.07 Å². The molecule has 0 spiro atoms. The van der Waals surface area contributed by atoms with Crippen LogP contribution in [0.25, 0.3) is 0 Å². The fraction of sp³-hybridized carbons (Fsp3) is 0.579. The lowest BCUT2D eigenvalue weighted by Gasteiger charge is -2.19. The summed E-state index contributed by atoms with van der Waals surface area (Å²) in [7, 11) is 0. The van der Waals surface area contributed by atoms with Crippen molar-refractivity contribution in [1.82, 2.24) is 16.0 Å². The fourth-order valence-electron chi connectivity index (χ4n) is 2.16. The van der Waals surface area contributed by atoms with Gasteiger partial charge in [0, 0.05) is 32.2 Å². The van der Waals surface area contributed by atoms with Crippen LogP contribution in [0.1, 0.15) is 39.7 Å². The van der Waals surface area contributed by atoms with Crippen molar-refractivity contribution in [1.29, 1.82) is 0 Å². The van der Waals surface area contributed by atoms with Crippen molar-refractivity contribution in [2.24, 2.45) is 4.99 Å². The Morgan fingerprint density at radius 1 is 1.15 bits per heavy atom. The van der Waals surface area contributed by atoms with Gasteiger partial charge in [-0.15, -0.1) is 0 Å². The van der Waals surface area contributed by atoms with Crippen LogP contribution in [-0.2, 0) is 11.2 Å². The third kappa shape index (κ3) is 10.4. The molecule has 152 valence electrons. The van der Waals surface area contributed by atoms with Crippen molar-refractivity contribution >= 4 is 12.1 Å². The summed E-state index contributed by atoms with van der Waals surface area (Å²) < 4.78 is 31.7. The van der Waals surface area contributed by atoms with E-state index in [2.05, 4.69) is 20.9 Å². The van der Waals surface area contributed by atoms with E-state index < -0.39 is 23.3 Å². The second-order valence-corrected chi connectivity index (χ2v) is 6.96. The van der Waals surface area contributed by atoms with Crippen molar-refractivity contribution in [2.45, 2.75) is 46.1 Å². The summed E-state index contributed by atoms with van der Waals surface area (Å²) in [6.07, 6.45) is 0.622. The second kappa shape index (κ2) is 11.4. The Balaban J connectivity index is 2.34. The molecule has 0 unspecified atom stereocenters. The zero-order valence-corrected chi connectivity index (χ0v) is 16.5. The summed E-state index contributed by atoms with van der Waals surface area (Å²) in [4.78, 5) is 15.9. The molecule has 6 nitrogen and oxygen atoms in total. The van der Waals surface area contributed by atoms with Crippen LogP contribution in [0.4, 0.5) is 13.6 Å². The molecular weight excluding hydrogens is 354 g/mol. The monoisotopic (exact) mass is 384 g/mol. The lowest BCUT2D eigenvalue weighted by atomic mass is 10.1. The van der Waals surface area contributed by atoms with E-state index in [0.29, 0.717) is 50.5 Å². The molecule has 0 atom stereocenters. The highest BCUT2D eigenvalue weighted by atomic mass is 19.1. The number of halogens is 2. The van der Waals surface area contributed by atoms with E-state index in [9.17, 15) is 13.6 Å². The van der Waals surface area contributed by atoms with Crippen molar-refractivity contribution in [3.8, 4) is 0 Å². The highest BCUT2D eigenvalue weighted by Gasteiger charge is 2.15. The summed E-state index contributed by atoms with van der Waals surface area (Å²) in [6.45, 7) is 9.49. The molecule has 0 aliphatic heterocycles. The van der Waals surface area contributed by atoms with Crippen LogP contribution >= 0.6 is 0 Å². The largest absolute Gasteiger partial charge is 0.444 e. The third-order valence-corrected chi connectivity index (χ3v) is 3.32. The van der Waals surface area contributed by atoms with Gasteiger partial charge in [-0.2, -0.15) is 0 Å². The number of amides is 1. The molecule has 27 heavy (non-hydrogen) atoms. The maximum Gasteiger partial charge on any atom is 0.407 e. The summed E-state index contributed by atoms with van der Waals surface area (Å²) in [6, 6.07) is 3.57. The third-order valence-electron chi connectivity index (χ3n) is 3.32. The highest BCUT2D eigenvalue weighted by molar-refractivity contribution is 5.79. The number of ether oxygens (including phenoxy) is 1. The van der Waals surface area contributed by atoms with Crippen LogP contribution in [0, 0.1) is 11.6 Å². The minimum Gasteiger partial charge on any atom is -0.444 e. The van der Waals surface area contributed by atoms with E-state index in [0.717, 1.165) is 6.07 Å². The van der Waals surface area contributed by atoms with Gasteiger partial charge in [-0.3, -0.25) is 4.99 Å². The number of hydrogen-bond acceptors (Lipinski definition) is 3. The minimum atomic E-state index is -0.584. The maximum atomic E-state index is 13.6. The average Bonchev–Trinajstić information content (AvgIpc) is 2.54. The Labute approximate surface area is 159 Å². The van der Waals surface area contributed by atoms with Gasteiger partial charge in [0.25, 0.3) is 0 Å². The molecule has 1 aromatic rings. The van der Waals surface area contributed by atoms with E-state index in [4.69, 9.17) is 4.74 Å². The predicted molar refractivity (Wildman–Crippen MR) is 103 cm³/mol. The molecule has 0 bridgehead atoms. The van der Waals surface area contributed by atoms with Crippen molar-refractivity contribution in [2.75, 3.05) is 26.2 Å². The summed E-state index contributed by atoms with van der Waals surface area (Å²) >= 11 is 0. The van der Waals surface area contributed by atoms with Gasteiger partial charge >= 0.3 is 6.09 Å². The molecule has 1 rings (SSSR count). The van der Waals surface area contributed by atoms with Gasteiger partial charge in [-0.25, -0.2) is 13.6 Å². The minimum absolute atomic E-state index is 0.413. The quantitative estimate of drug-likeness (QED) is 0.366. The van der Waals surface area contributed by atoms with Gasteiger partial charge in [0.2, 0.25) is 0 Å². The first kappa shape index (κ1) is 22.7. The summed E-state index contributed by atoms with van der Waals surface area (Å²) in [5, 5.41) is 8.88. The Bertz CT molecular complexity index is 631. The van der Waals surface area contributed by atoms with Crippen LogP contribution in [-0.4, -0.2) is 43.8 Å². The lowest BCUT2D eigenvalue weighted by Crippen LogP contribution is -2.38. The Kier molecular flexibility index (Phi) is 9.53. The standard InChI is InChI=1S/C19H30F2N4O2/c1-5-22-17(23-10-6-11-25-18(26)27-19(2,3)4)24-12-9-14-7-8-15(20)13-16(14)21/h7-8,13H,5-6,9-12H2,1-4H3,(H,25,26)(H2,22,23,24). The van der Waals surface area contributed by atoms with Gasteiger partial charge in [-0.05, 0) is 52.2 Å². The molecule has 0 saturated carbocycles. The number of benzene rings is 1. The number of nitrogens with one attached hydrogen (secondary N) is 3. The van der Waals surface area contributed by atoms with Gasteiger partial charge < -0.3 is 20.7 Å². The number of alkyl carbamates (subject to hydrolysis) is 1. The molecule has 0 aliphatic carbocycles. The molecule has 0 saturated heterocycles. The Morgan fingerprint density at radius 2 is 1.89 bits per heavy atom. The van der Waals surface area contributed by atoms with Crippen LogP contribution in [0.3, 0.4) is 0 Å². The molecule has 0 radical (unpaired) electrons. The zero-order chi connectivity index (χ0) is 20.3. The topological polar surface area (TPSA) is 74.8 Å². The van der Waals surface area contributed by atoms with E-state index in [1.165, 1.54) is 12.1 Å². The number of guanidine groups is 1. The molecule has 3 N–H and O–H groups in total. The first-order valence-electron chi connectivity index (χ1n) is 9.14. The lowest BCUT2D eigenvalue weighted by molar-refractivity contribution is 0.0527. The van der Waals surface area contributed by atoms with Crippen molar-refractivity contribution < 1.29 is 18.3 Å². The molecule has 0 fully saturated rings. The molecule has 1 amide bonds. The van der Waals surface area contributed by atoms with Gasteiger partial charge in [0.05, 0.1) is 0 Å². The number of aliphatic imine (C=N–C) groups is 1. The van der Waals surface area contributed by atoms with Gasteiger partial charge in [0.1, 0.15) is 17.2 Å². The smallest absolute Gasteiger partial charge is 0.407 e. The molecule has 0 aromatic heterocycles. The molecule has 8 heteroatoms. The molecule has 1 aromatic carbocycles. The van der Waals surface area contributed by atoms with E-state index >= 15 is 0 Å². The first-order chi connectivity index (χ1) is 12.7. The van der Waals surface area contributed by atoms with Crippen LogP contribution in [0.2, 0.25) is 0 Å². The van der Waals surface area contributed by atoms with Crippen LogP contribution < -0.4 is 16.0 Å². The highest BCUT2D eigenvalue weighted by Crippen LogP contribution is 2.09. The van der Waals surface area contributed by atoms with Crippen LogP contribution in [0.15, 0.2) is 23.2 Å². The second-order valence-electron chi connectivity index (χ2n) is 6.96. The number of hydrogen-bond donors (Lipinski definition) is 3. The molecule has 0 aliphatic rings. The zero-order valence-electron chi connectivity index (χ0n) is 16.5. The Morgan fingerprint density at radius 3 is 2.52 bits per heavy atom. The van der Waals surface area contributed by atoms with Crippen molar-refractivity contribution in [3.05, 3.63) is 35.4 Å². The summed E-state index contributed by atoms with van der Waals surface area (Å²) in [5.74, 6) is -0.525. The fourth-order valence-corrected chi connectivity index (χ4v) is 2.16. The van der Waals surface area contributed by atoms with Crippen LogP contribution in [0.5, 0.6) is 0 Å². The Hall–Kier alpha value is -2.38. The predicted octanol–water partition coefficient (Wildman–Crippen LogP) is 2.98. The number of nitrogens with zero attached hydrogens (tertiary/aromatic N) is 1. The van der Waals surface area contributed by atoms with E-state index in [1.54, 1.807) is 0 Å². The first-order valence-corrected chi connectivity index (χ1v) is 9.14. The maximum absolute atomic E-state index is 13.6. The van der Waals surface area contributed by atoms with E-state index in [1.807, 2.05) is 27.7 Å². The van der Waals surface area contributed by atoms with Crippen molar-refractivity contribution in [3.63, 3.8) is 0 Å². The van der Waals surface area contributed by atoms with E-state index in [-0.39, 0.29) is 0 Å².